The highest BCUT2D eigenvalue weighted by atomic mass is 35.5. The molecule has 0 aliphatic heterocycles. The van der Waals surface area contributed by atoms with Crippen molar-refractivity contribution in [2.45, 2.75) is 51.7 Å². The van der Waals surface area contributed by atoms with E-state index >= 15 is 0 Å². The van der Waals surface area contributed by atoms with Gasteiger partial charge < -0.3 is 14.8 Å². The van der Waals surface area contributed by atoms with Crippen LogP contribution in [0.2, 0.25) is 5.02 Å². The van der Waals surface area contributed by atoms with E-state index in [4.69, 9.17) is 21.1 Å². The molecule has 0 aromatic heterocycles. The van der Waals surface area contributed by atoms with Crippen LogP contribution in [0.25, 0.3) is 0 Å². The monoisotopic (exact) mass is 313 g/mol. The Labute approximate surface area is 134 Å². The molecule has 3 nitrogen and oxygen atoms in total. The van der Waals surface area contributed by atoms with Crippen LogP contribution in [0.15, 0.2) is 18.2 Å². The molecule has 1 aromatic rings. The molecular formula is C17H28ClNO2. The van der Waals surface area contributed by atoms with E-state index < -0.39 is 0 Å². The first-order chi connectivity index (χ1) is 9.91. The molecule has 0 bridgehead atoms. The van der Waals surface area contributed by atoms with Crippen molar-refractivity contribution in [1.29, 1.82) is 0 Å². The van der Waals surface area contributed by atoms with Gasteiger partial charge in [0.15, 0.2) is 0 Å². The van der Waals surface area contributed by atoms with E-state index in [2.05, 4.69) is 26.1 Å². The summed E-state index contributed by atoms with van der Waals surface area (Å²) >= 11 is 6.12. The van der Waals surface area contributed by atoms with Crippen LogP contribution in [-0.2, 0) is 11.2 Å². The summed E-state index contributed by atoms with van der Waals surface area (Å²) in [7, 11) is 3.46. The molecule has 0 aliphatic rings. The number of ether oxygens (including phenoxy) is 2. The van der Waals surface area contributed by atoms with Crippen LogP contribution in [0.3, 0.4) is 0 Å². The highest BCUT2D eigenvalue weighted by Crippen LogP contribution is 2.26. The summed E-state index contributed by atoms with van der Waals surface area (Å²) in [4.78, 5) is 0. The largest absolute Gasteiger partial charge is 0.496 e. The molecule has 1 unspecified atom stereocenters. The van der Waals surface area contributed by atoms with Crippen LogP contribution in [-0.4, -0.2) is 32.4 Å². The van der Waals surface area contributed by atoms with E-state index in [1.165, 1.54) is 0 Å². The summed E-state index contributed by atoms with van der Waals surface area (Å²) in [6.45, 7) is 7.39. The third kappa shape index (κ3) is 6.25. The average Bonchev–Trinajstić information content (AvgIpc) is 2.44. The summed E-state index contributed by atoms with van der Waals surface area (Å²) in [6.07, 6.45) is 2.91. The second-order valence-electron chi connectivity index (χ2n) is 5.98. The topological polar surface area (TPSA) is 30.5 Å². The molecule has 0 saturated heterocycles. The molecule has 0 spiro atoms. The molecule has 0 fully saturated rings. The predicted molar refractivity (Wildman–Crippen MR) is 89.5 cm³/mol. The number of methoxy groups -OCH3 is 2. The van der Waals surface area contributed by atoms with E-state index in [9.17, 15) is 0 Å². The number of hydrogen-bond acceptors (Lipinski definition) is 3. The number of rotatable bonds is 9. The van der Waals surface area contributed by atoms with Gasteiger partial charge in [0.1, 0.15) is 5.75 Å². The van der Waals surface area contributed by atoms with Gasteiger partial charge >= 0.3 is 0 Å². The van der Waals surface area contributed by atoms with Crippen LogP contribution in [0, 0.1) is 0 Å². The molecule has 4 heteroatoms. The second kappa shape index (κ2) is 8.62. The van der Waals surface area contributed by atoms with Crippen LogP contribution in [0.5, 0.6) is 5.75 Å². The van der Waals surface area contributed by atoms with Crippen LogP contribution >= 0.6 is 11.6 Å². The van der Waals surface area contributed by atoms with E-state index in [0.717, 1.165) is 42.1 Å². The standard InChI is InChI=1S/C17H28ClNO2/c1-6-9-19-15(12-17(2,3)21-5)11-13-10-14(18)7-8-16(13)20-4/h7-8,10,15,19H,6,9,11-12H2,1-5H3. The Hall–Kier alpha value is -0.770. The molecule has 21 heavy (non-hydrogen) atoms. The first kappa shape index (κ1) is 18.3. The quantitative estimate of drug-likeness (QED) is 0.745. The predicted octanol–water partition coefficient (Wildman–Crippen LogP) is 4.07. The lowest BCUT2D eigenvalue weighted by Crippen LogP contribution is -2.39. The smallest absolute Gasteiger partial charge is 0.122 e. The lowest BCUT2D eigenvalue weighted by atomic mass is 9.93. The van der Waals surface area contributed by atoms with Crippen molar-refractivity contribution < 1.29 is 9.47 Å². The number of halogens is 1. The van der Waals surface area contributed by atoms with Gasteiger partial charge in [-0.3, -0.25) is 0 Å². The van der Waals surface area contributed by atoms with E-state index in [-0.39, 0.29) is 5.60 Å². The van der Waals surface area contributed by atoms with Crippen molar-refractivity contribution in [3.8, 4) is 5.75 Å². The third-order valence-electron chi connectivity index (χ3n) is 3.68. The fourth-order valence-electron chi connectivity index (χ4n) is 2.41. The van der Waals surface area contributed by atoms with E-state index in [1.807, 2.05) is 18.2 Å². The molecule has 0 aliphatic carbocycles. The minimum atomic E-state index is -0.156. The molecule has 1 rings (SSSR count). The maximum atomic E-state index is 6.12. The fraction of sp³-hybridized carbons (Fsp3) is 0.647. The molecule has 0 radical (unpaired) electrons. The van der Waals surface area contributed by atoms with Gasteiger partial charge in [-0.05, 0) is 63.4 Å². The van der Waals surface area contributed by atoms with Crippen molar-refractivity contribution in [3.05, 3.63) is 28.8 Å². The maximum Gasteiger partial charge on any atom is 0.122 e. The Bertz CT molecular complexity index is 435. The summed E-state index contributed by atoms with van der Waals surface area (Å²) in [6, 6.07) is 6.10. The van der Waals surface area contributed by atoms with Gasteiger partial charge in [0, 0.05) is 18.2 Å². The summed E-state index contributed by atoms with van der Waals surface area (Å²) in [5.74, 6) is 0.887. The van der Waals surface area contributed by atoms with Crippen LogP contribution < -0.4 is 10.1 Å². The lowest BCUT2D eigenvalue weighted by molar-refractivity contribution is 0.00710. The van der Waals surface area contributed by atoms with Crippen molar-refractivity contribution in [2.75, 3.05) is 20.8 Å². The van der Waals surface area contributed by atoms with Crippen LogP contribution in [0.4, 0.5) is 0 Å². The Balaban J connectivity index is 2.87. The SMILES string of the molecule is CCCNC(Cc1cc(Cl)ccc1OC)CC(C)(C)OC. The first-order valence-electron chi connectivity index (χ1n) is 7.52. The Morgan fingerprint density at radius 1 is 1.29 bits per heavy atom. The highest BCUT2D eigenvalue weighted by molar-refractivity contribution is 6.30. The molecule has 1 N–H and O–H groups in total. The second-order valence-corrected chi connectivity index (χ2v) is 6.42. The first-order valence-corrected chi connectivity index (χ1v) is 7.90. The van der Waals surface area contributed by atoms with Gasteiger partial charge in [0.25, 0.3) is 0 Å². The number of benzene rings is 1. The minimum absolute atomic E-state index is 0.156. The van der Waals surface area contributed by atoms with Crippen molar-refractivity contribution in [3.63, 3.8) is 0 Å². The number of hydrogen-bond donors (Lipinski definition) is 1. The Kier molecular flexibility index (Phi) is 7.50. The van der Waals surface area contributed by atoms with Gasteiger partial charge in [-0.25, -0.2) is 0 Å². The van der Waals surface area contributed by atoms with Gasteiger partial charge in [-0.2, -0.15) is 0 Å². The molecule has 1 atom stereocenters. The zero-order chi connectivity index (χ0) is 15.9. The molecule has 120 valence electrons. The zero-order valence-corrected chi connectivity index (χ0v) is 14.6. The third-order valence-corrected chi connectivity index (χ3v) is 3.92. The highest BCUT2D eigenvalue weighted by Gasteiger charge is 2.23. The van der Waals surface area contributed by atoms with Crippen molar-refractivity contribution >= 4 is 11.6 Å². The Morgan fingerprint density at radius 2 is 2.00 bits per heavy atom. The molecular weight excluding hydrogens is 286 g/mol. The van der Waals surface area contributed by atoms with Gasteiger partial charge in [0.2, 0.25) is 0 Å². The molecule has 1 aromatic carbocycles. The fourth-order valence-corrected chi connectivity index (χ4v) is 2.61. The maximum absolute atomic E-state index is 6.12. The van der Waals surface area contributed by atoms with Gasteiger partial charge in [-0.1, -0.05) is 18.5 Å². The average molecular weight is 314 g/mol. The summed E-state index contributed by atoms with van der Waals surface area (Å²) in [5.41, 5.74) is 0.975. The lowest BCUT2D eigenvalue weighted by Gasteiger charge is -2.29. The van der Waals surface area contributed by atoms with Crippen molar-refractivity contribution in [2.24, 2.45) is 0 Å². The summed E-state index contributed by atoms with van der Waals surface area (Å²) < 4.78 is 11.0. The van der Waals surface area contributed by atoms with Gasteiger partial charge in [0.05, 0.1) is 12.7 Å². The number of nitrogens with one attached hydrogen (secondary N) is 1. The van der Waals surface area contributed by atoms with E-state index in [1.54, 1.807) is 14.2 Å². The van der Waals surface area contributed by atoms with Gasteiger partial charge in [-0.15, -0.1) is 0 Å². The molecule has 0 heterocycles. The normalized spacial score (nSPS) is 13.2. The van der Waals surface area contributed by atoms with Crippen molar-refractivity contribution in [1.82, 2.24) is 5.32 Å². The summed E-state index contributed by atoms with van der Waals surface area (Å²) in [5, 5.41) is 4.34. The minimum Gasteiger partial charge on any atom is -0.496 e. The Morgan fingerprint density at radius 3 is 2.57 bits per heavy atom. The molecule has 0 saturated carbocycles. The molecule has 0 amide bonds. The van der Waals surface area contributed by atoms with E-state index in [0.29, 0.717) is 6.04 Å². The zero-order valence-electron chi connectivity index (χ0n) is 13.8. The van der Waals surface area contributed by atoms with Crippen LogP contribution in [0.1, 0.15) is 39.2 Å².